The average molecular weight is 478 g/mol. The molecule has 0 unspecified atom stereocenters. The topological polar surface area (TPSA) is 81.3 Å². The second-order valence-corrected chi connectivity index (χ2v) is 8.14. The Labute approximate surface area is 207 Å². The third-order valence-electron chi connectivity index (χ3n) is 5.50. The molecule has 0 aliphatic heterocycles. The number of hydrogen-bond donors (Lipinski definition) is 1. The highest BCUT2D eigenvalue weighted by atomic mass is 16.5. The van der Waals surface area contributed by atoms with Gasteiger partial charge in [-0.05, 0) is 35.4 Å². The zero-order valence-corrected chi connectivity index (χ0v) is 19.3. The number of aliphatic imine (C=N–C) groups is 1. The van der Waals surface area contributed by atoms with E-state index in [1.54, 1.807) is 42.6 Å². The van der Waals surface area contributed by atoms with Crippen LogP contribution in [-0.4, -0.2) is 11.3 Å². The summed E-state index contributed by atoms with van der Waals surface area (Å²) in [6, 6.07) is 30.9. The van der Waals surface area contributed by atoms with Gasteiger partial charge in [0.2, 0.25) is 0 Å². The normalized spacial score (nSPS) is 11.1. The maximum atomic E-state index is 12.4. The summed E-state index contributed by atoms with van der Waals surface area (Å²) in [7, 11) is 0. The Kier molecular flexibility index (Phi) is 6.76. The Morgan fingerprint density at radius 1 is 0.778 bits per heavy atom. The van der Waals surface area contributed by atoms with Gasteiger partial charge in [-0.3, -0.25) is 4.99 Å². The molecular weight excluding hydrogens is 454 g/mol. The molecule has 36 heavy (non-hydrogen) atoms. The Bertz CT molecular complexity index is 1540. The molecular formula is C30H23NO5. The SMILES string of the molecule is O=c1cc(C=Nc2ccc(O)cc2)c2c(OCc3ccccc3)cc(OCc3ccccc3)cc2o1. The van der Waals surface area contributed by atoms with Crippen molar-refractivity contribution in [3.8, 4) is 17.2 Å². The van der Waals surface area contributed by atoms with E-state index < -0.39 is 5.63 Å². The highest BCUT2D eigenvalue weighted by molar-refractivity contribution is 6.01. The molecule has 5 rings (SSSR count). The summed E-state index contributed by atoms with van der Waals surface area (Å²) >= 11 is 0. The van der Waals surface area contributed by atoms with E-state index in [0.29, 0.717) is 46.9 Å². The zero-order chi connectivity index (χ0) is 24.7. The number of phenols is 1. The van der Waals surface area contributed by atoms with Crippen molar-refractivity contribution in [2.45, 2.75) is 13.2 Å². The van der Waals surface area contributed by atoms with Crippen molar-refractivity contribution in [2.75, 3.05) is 0 Å². The second kappa shape index (κ2) is 10.6. The number of nitrogens with zero attached hydrogens (tertiary/aromatic N) is 1. The van der Waals surface area contributed by atoms with Gasteiger partial charge in [-0.25, -0.2) is 4.79 Å². The minimum Gasteiger partial charge on any atom is -0.508 e. The van der Waals surface area contributed by atoms with Gasteiger partial charge in [-0.1, -0.05) is 60.7 Å². The molecule has 4 aromatic carbocycles. The lowest BCUT2D eigenvalue weighted by Gasteiger charge is -2.14. The molecule has 0 amide bonds. The van der Waals surface area contributed by atoms with Crippen LogP contribution in [0.2, 0.25) is 0 Å². The zero-order valence-electron chi connectivity index (χ0n) is 19.3. The van der Waals surface area contributed by atoms with Crippen LogP contribution in [0.4, 0.5) is 5.69 Å². The number of benzene rings is 4. The van der Waals surface area contributed by atoms with Crippen molar-refractivity contribution >= 4 is 22.9 Å². The van der Waals surface area contributed by atoms with E-state index in [1.165, 1.54) is 6.07 Å². The average Bonchev–Trinajstić information content (AvgIpc) is 2.91. The van der Waals surface area contributed by atoms with E-state index in [2.05, 4.69) is 4.99 Å². The molecule has 5 aromatic rings. The summed E-state index contributed by atoms with van der Waals surface area (Å²) in [5, 5.41) is 10.1. The van der Waals surface area contributed by atoms with Gasteiger partial charge in [0, 0.05) is 30.0 Å². The predicted molar refractivity (Wildman–Crippen MR) is 139 cm³/mol. The third kappa shape index (κ3) is 5.62. The number of ether oxygens (including phenoxy) is 2. The first-order chi connectivity index (χ1) is 17.6. The van der Waals surface area contributed by atoms with Gasteiger partial charge >= 0.3 is 5.63 Å². The number of phenolic OH excluding ortho intramolecular Hbond substituents is 1. The Balaban J connectivity index is 1.54. The molecule has 0 fully saturated rings. The fourth-order valence-corrected chi connectivity index (χ4v) is 3.73. The van der Waals surface area contributed by atoms with Gasteiger partial charge in [0.1, 0.15) is 36.0 Å². The first-order valence-corrected chi connectivity index (χ1v) is 11.4. The molecule has 0 atom stereocenters. The fourth-order valence-electron chi connectivity index (χ4n) is 3.73. The Morgan fingerprint density at radius 2 is 1.42 bits per heavy atom. The Hall–Kier alpha value is -4.84. The van der Waals surface area contributed by atoms with E-state index in [-0.39, 0.29) is 5.75 Å². The molecule has 1 N–H and O–H groups in total. The van der Waals surface area contributed by atoms with Gasteiger partial charge in [0.05, 0.1) is 11.1 Å². The van der Waals surface area contributed by atoms with Crippen molar-refractivity contribution in [3.05, 3.63) is 130 Å². The summed E-state index contributed by atoms with van der Waals surface area (Å²) in [6.45, 7) is 0.683. The standard InChI is InChI=1S/C30H23NO5/c32-25-13-11-24(12-14-25)31-18-23-15-29(33)36-28-17-26(34-19-21-7-3-1-4-8-21)16-27(30(23)28)35-20-22-9-5-2-6-10-22/h1-18,32H,19-20H2. The largest absolute Gasteiger partial charge is 0.508 e. The van der Waals surface area contributed by atoms with Crippen LogP contribution in [0.1, 0.15) is 16.7 Å². The maximum Gasteiger partial charge on any atom is 0.336 e. The van der Waals surface area contributed by atoms with Crippen LogP contribution in [-0.2, 0) is 13.2 Å². The van der Waals surface area contributed by atoms with E-state index in [9.17, 15) is 9.90 Å². The molecule has 6 nitrogen and oxygen atoms in total. The molecule has 0 radical (unpaired) electrons. The van der Waals surface area contributed by atoms with Crippen molar-refractivity contribution in [3.63, 3.8) is 0 Å². The van der Waals surface area contributed by atoms with Crippen LogP contribution in [0, 0.1) is 0 Å². The number of fused-ring (bicyclic) bond motifs is 1. The van der Waals surface area contributed by atoms with E-state index >= 15 is 0 Å². The molecule has 0 saturated heterocycles. The number of aromatic hydroxyl groups is 1. The summed E-state index contributed by atoms with van der Waals surface area (Å²) in [4.78, 5) is 16.9. The van der Waals surface area contributed by atoms with Gasteiger partial charge in [-0.15, -0.1) is 0 Å². The molecule has 6 heteroatoms. The third-order valence-corrected chi connectivity index (χ3v) is 5.50. The van der Waals surface area contributed by atoms with Crippen molar-refractivity contribution in [2.24, 2.45) is 4.99 Å². The summed E-state index contributed by atoms with van der Waals surface area (Å²) in [5.74, 6) is 1.18. The van der Waals surface area contributed by atoms with Gasteiger partial charge in [0.15, 0.2) is 0 Å². The van der Waals surface area contributed by atoms with Crippen LogP contribution in [0.15, 0.2) is 117 Å². The molecule has 0 aliphatic rings. The van der Waals surface area contributed by atoms with Gasteiger partial charge in [0.25, 0.3) is 0 Å². The first kappa shape index (κ1) is 22.9. The summed E-state index contributed by atoms with van der Waals surface area (Å²) in [5.41, 5.74) is 3.02. The lowest BCUT2D eigenvalue weighted by molar-refractivity contribution is 0.292. The first-order valence-electron chi connectivity index (χ1n) is 11.4. The summed E-state index contributed by atoms with van der Waals surface area (Å²) in [6.07, 6.45) is 1.59. The molecule has 1 aromatic heterocycles. The maximum absolute atomic E-state index is 12.4. The summed E-state index contributed by atoms with van der Waals surface area (Å²) < 4.78 is 17.8. The molecule has 0 saturated carbocycles. The number of rotatable bonds is 8. The predicted octanol–water partition coefficient (Wildman–Crippen LogP) is 6.41. The highest BCUT2D eigenvalue weighted by Crippen LogP contribution is 2.34. The lowest BCUT2D eigenvalue weighted by Crippen LogP contribution is -2.04. The minimum atomic E-state index is -0.510. The van der Waals surface area contributed by atoms with Crippen molar-refractivity contribution in [1.82, 2.24) is 0 Å². The lowest BCUT2D eigenvalue weighted by atomic mass is 10.1. The van der Waals surface area contributed by atoms with Crippen LogP contribution in [0.25, 0.3) is 11.0 Å². The molecule has 0 bridgehead atoms. The van der Waals surface area contributed by atoms with E-state index in [4.69, 9.17) is 13.9 Å². The van der Waals surface area contributed by atoms with Gasteiger partial charge in [-0.2, -0.15) is 0 Å². The van der Waals surface area contributed by atoms with Crippen molar-refractivity contribution < 1.29 is 19.0 Å². The monoisotopic (exact) mass is 477 g/mol. The van der Waals surface area contributed by atoms with Crippen LogP contribution in [0.3, 0.4) is 0 Å². The number of hydrogen-bond acceptors (Lipinski definition) is 6. The quantitative estimate of drug-likeness (QED) is 0.206. The van der Waals surface area contributed by atoms with Crippen molar-refractivity contribution in [1.29, 1.82) is 0 Å². The Morgan fingerprint density at radius 3 is 2.08 bits per heavy atom. The van der Waals surface area contributed by atoms with Crippen LogP contribution < -0.4 is 15.1 Å². The molecule has 0 spiro atoms. The van der Waals surface area contributed by atoms with Crippen LogP contribution >= 0.6 is 0 Å². The smallest absolute Gasteiger partial charge is 0.336 e. The van der Waals surface area contributed by atoms with Crippen LogP contribution in [0.5, 0.6) is 17.2 Å². The minimum absolute atomic E-state index is 0.152. The molecule has 178 valence electrons. The fraction of sp³-hybridized carbons (Fsp3) is 0.0667. The van der Waals surface area contributed by atoms with Gasteiger partial charge < -0.3 is 19.0 Å². The van der Waals surface area contributed by atoms with E-state index in [1.807, 2.05) is 60.7 Å². The second-order valence-electron chi connectivity index (χ2n) is 8.14. The highest BCUT2D eigenvalue weighted by Gasteiger charge is 2.14. The molecule has 0 aliphatic carbocycles. The molecule has 1 heterocycles. The van der Waals surface area contributed by atoms with E-state index in [0.717, 1.165) is 11.1 Å².